The third kappa shape index (κ3) is 3.58. The smallest absolute Gasteiger partial charge is 0.215 e. The fourth-order valence-corrected chi connectivity index (χ4v) is 2.13. The third-order valence-electron chi connectivity index (χ3n) is 2.34. The first kappa shape index (κ1) is 13.1. The van der Waals surface area contributed by atoms with E-state index in [1.807, 2.05) is 13.2 Å². The largest absolute Gasteiger partial charge is 0.329 e. The van der Waals surface area contributed by atoms with Gasteiger partial charge in [-0.15, -0.1) is 0 Å². The van der Waals surface area contributed by atoms with Crippen molar-refractivity contribution in [1.82, 2.24) is 14.5 Å². The van der Waals surface area contributed by atoms with Crippen LogP contribution < -0.4 is 10.5 Å². The molecule has 1 aromatic heterocycles. The van der Waals surface area contributed by atoms with Crippen LogP contribution in [0.5, 0.6) is 0 Å². The third-order valence-corrected chi connectivity index (χ3v) is 4.20. The van der Waals surface area contributed by atoms with Gasteiger partial charge >= 0.3 is 0 Å². The van der Waals surface area contributed by atoms with Crippen LogP contribution in [0.1, 0.15) is 12.5 Å². The van der Waals surface area contributed by atoms with Gasteiger partial charge in [-0.05, 0) is 18.9 Å². The van der Waals surface area contributed by atoms with Crippen LogP contribution in [0.4, 0.5) is 0 Å². The van der Waals surface area contributed by atoms with E-state index in [4.69, 9.17) is 5.73 Å². The van der Waals surface area contributed by atoms with Crippen molar-refractivity contribution in [1.29, 1.82) is 0 Å². The number of hydrogen-bond donors (Lipinski definition) is 2. The SMILES string of the molecule is CC(CN)S(=O)(=O)NCCc1cnn(C)c1. The second-order valence-corrected chi connectivity index (χ2v) is 5.94. The van der Waals surface area contributed by atoms with Gasteiger partial charge in [0.2, 0.25) is 10.0 Å². The van der Waals surface area contributed by atoms with Gasteiger partial charge < -0.3 is 5.73 Å². The molecule has 16 heavy (non-hydrogen) atoms. The van der Waals surface area contributed by atoms with Crippen molar-refractivity contribution in [3.8, 4) is 0 Å². The van der Waals surface area contributed by atoms with Crippen LogP contribution >= 0.6 is 0 Å². The Labute approximate surface area is 95.9 Å². The van der Waals surface area contributed by atoms with E-state index < -0.39 is 15.3 Å². The summed E-state index contributed by atoms with van der Waals surface area (Å²) in [5, 5.41) is 3.45. The van der Waals surface area contributed by atoms with Gasteiger partial charge in [-0.3, -0.25) is 4.68 Å². The Morgan fingerprint density at radius 2 is 2.31 bits per heavy atom. The van der Waals surface area contributed by atoms with E-state index in [9.17, 15) is 8.42 Å². The molecule has 3 N–H and O–H groups in total. The molecule has 7 heteroatoms. The van der Waals surface area contributed by atoms with Crippen LogP contribution in [0.15, 0.2) is 12.4 Å². The van der Waals surface area contributed by atoms with Crippen molar-refractivity contribution >= 4 is 10.0 Å². The normalized spacial score (nSPS) is 13.9. The average Bonchev–Trinajstić information content (AvgIpc) is 2.62. The van der Waals surface area contributed by atoms with Crippen molar-refractivity contribution < 1.29 is 8.42 Å². The molecule has 0 aromatic carbocycles. The molecule has 0 saturated heterocycles. The number of aryl methyl sites for hydroxylation is 1. The predicted octanol–water partition coefficient (Wildman–Crippen LogP) is -0.771. The number of nitrogens with one attached hydrogen (secondary N) is 1. The lowest BCUT2D eigenvalue weighted by Gasteiger charge is -2.11. The molecule has 0 radical (unpaired) electrons. The van der Waals surface area contributed by atoms with E-state index in [0.29, 0.717) is 13.0 Å². The fourth-order valence-electron chi connectivity index (χ4n) is 1.21. The molecule has 1 unspecified atom stereocenters. The Hall–Kier alpha value is -0.920. The molecule has 0 saturated carbocycles. The van der Waals surface area contributed by atoms with E-state index in [0.717, 1.165) is 5.56 Å². The van der Waals surface area contributed by atoms with Gasteiger partial charge in [0, 0.05) is 26.3 Å². The number of hydrogen-bond acceptors (Lipinski definition) is 4. The van der Waals surface area contributed by atoms with Crippen molar-refractivity contribution in [2.45, 2.75) is 18.6 Å². The van der Waals surface area contributed by atoms with Crippen molar-refractivity contribution in [3.05, 3.63) is 18.0 Å². The molecule has 0 fully saturated rings. The Bertz CT molecular complexity index is 426. The zero-order valence-electron chi connectivity index (χ0n) is 9.55. The van der Waals surface area contributed by atoms with Gasteiger partial charge in [0.25, 0.3) is 0 Å². The lowest BCUT2D eigenvalue weighted by molar-refractivity contribution is 0.569. The second-order valence-electron chi connectivity index (χ2n) is 3.76. The summed E-state index contributed by atoms with van der Waals surface area (Å²) in [7, 11) is -1.45. The number of nitrogens with zero attached hydrogens (tertiary/aromatic N) is 2. The molecule has 0 spiro atoms. The average molecular weight is 246 g/mol. The quantitative estimate of drug-likeness (QED) is 0.689. The summed E-state index contributed by atoms with van der Waals surface area (Å²) in [6, 6.07) is 0. The minimum Gasteiger partial charge on any atom is -0.329 e. The summed E-state index contributed by atoms with van der Waals surface area (Å²) in [5.74, 6) is 0. The van der Waals surface area contributed by atoms with Crippen molar-refractivity contribution in [2.24, 2.45) is 12.8 Å². The molecule has 1 rings (SSSR count). The molecule has 0 bridgehead atoms. The molecule has 6 nitrogen and oxygen atoms in total. The minimum absolute atomic E-state index is 0.127. The molecule has 0 aliphatic rings. The topological polar surface area (TPSA) is 90.0 Å². The molecular formula is C9H18N4O2S. The van der Waals surface area contributed by atoms with Gasteiger partial charge in [-0.1, -0.05) is 0 Å². The number of sulfonamides is 1. The number of aromatic nitrogens is 2. The second kappa shape index (κ2) is 5.42. The maximum atomic E-state index is 11.5. The Balaban J connectivity index is 2.41. The molecule has 0 aliphatic heterocycles. The zero-order valence-corrected chi connectivity index (χ0v) is 10.4. The van der Waals surface area contributed by atoms with E-state index in [1.54, 1.807) is 17.8 Å². The fraction of sp³-hybridized carbons (Fsp3) is 0.667. The lowest BCUT2D eigenvalue weighted by Crippen LogP contribution is -2.37. The molecular weight excluding hydrogens is 228 g/mol. The van der Waals surface area contributed by atoms with Crippen LogP contribution in [0, 0.1) is 0 Å². The summed E-state index contributed by atoms with van der Waals surface area (Å²) in [4.78, 5) is 0. The van der Waals surface area contributed by atoms with Crippen LogP contribution in [-0.4, -0.2) is 36.5 Å². The highest BCUT2D eigenvalue weighted by atomic mass is 32.2. The summed E-state index contributed by atoms with van der Waals surface area (Å²) >= 11 is 0. The first-order valence-electron chi connectivity index (χ1n) is 5.12. The maximum absolute atomic E-state index is 11.5. The minimum atomic E-state index is -3.28. The van der Waals surface area contributed by atoms with Gasteiger partial charge in [0.1, 0.15) is 0 Å². The highest BCUT2D eigenvalue weighted by Gasteiger charge is 2.17. The molecule has 92 valence electrons. The van der Waals surface area contributed by atoms with Crippen LogP contribution in [-0.2, 0) is 23.5 Å². The highest BCUT2D eigenvalue weighted by Crippen LogP contribution is 1.99. The zero-order chi connectivity index (χ0) is 12.2. The monoisotopic (exact) mass is 246 g/mol. The molecule has 1 atom stereocenters. The lowest BCUT2D eigenvalue weighted by atomic mass is 10.3. The van der Waals surface area contributed by atoms with Gasteiger partial charge in [-0.25, -0.2) is 13.1 Å². The molecule has 1 heterocycles. The van der Waals surface area contributed by atoms with E-state index in [2.05, 4.69) is 9.82 Å². The van der Waals surface area contributed by atoms with Crippen LogP contribution in [0.2, 0.25) is 0 Å². The van der Waals surface area contributed by atoms with E-state index >= 15 is 0 Å². The van der Waals surface area contributed by atoms with Gasteiger partial charge in [-0.2, -0.15) is 5.10 Å². The predicted molar refractivity (Wildman–Crippen MR) is 62.4 cm³/mol. The standard InChI is InChI=1S/C9H18N4O2S/c1-8(5-10)16(14,15)12-4-3-9-6-11-13(2)7-9/h6-8,12H,3-5,10H2,1-2H3. The summed E-state index contributed by atoms with van der Waals surface area (Å²) in [6.45, 7) is 2.09. The molecule has 0 aliphatic carbocycles. The first-order chi connectivity index (χ1) is 7.45. The Kier molecular flexibility index (Phi) is 4.45. The Morgan fingerprint density at radius 1 is 1.62 bits per heavy atom. The summed E-state index contributed by atoms with van der Waals surface area (Å²) in [6.07, 6.45) is 4.21. The molecule has 1 aromatic rings. The maximum Gasteiger partial charge on any atom is 0.215 e. The number of rotatable bonds is 6. The van der Waals surface area contributed by atoms with Crippen molar-refractivity contribution in [2.75, 3.05) is 13.1 Å². The van der Waals surface area contributed by atoms with Gasteiger partial charge in [0.15, 0.2) is 0 Å². The first-order valence-corrected chi connectivity index (χ1v) is 6.66. The van der Waals surface area contributed by atoms with E-state index in [-0.39, 0.29) is 6.54 Å². The summed E-state index contributed by atoms with van der Waals surface area (Å²) in [5.41, 5.74) is 6.32. The summed E-state index contributed by atoms with van der Waals surface area (Å²) < 4.78 is 27.3. The van der Waals surface area contributed by atoms with Crippen LogP contribution in [0.25, 0.3) is 0 Å². The Morgan fingerprint density at radius 3 is 2.81 bits per heavy atom. The number of nitrogens with two attached hydrogens (primary N) is 1. The van der Waals surface area contributed by atoms with Crippen LogP contribution in [0.3, 0.4) is 0 Å². The van der Waals surface area contributed by atoms with E-state index in [1.165, 1.54) is 0 Å². The van der Waals surface area contributed by atoms with Gasteiger partial charge in [0.05, 0.1) is 11.4 Å². The molecule has 0 amide bonds. The van der Waals surface area contributed by atoms with Crippen molar-refractivity contribution in [3.63, 3.8) is 0 Å². The highest BCUT2D eigenvalue weighted by molar-refractivity contribution is 7.90.